The van der Waals surface area contributed by atoms with E-state index in [-0.39, 0.29) is 17.3 Å². The summed E-state index contributed by atoms with van der Waals surface area (Å²) in [5.41, 5.74) is 1.35. The van der Waals surface area contributed by atoms with Gasteiger partial charge in [-0.25, -0.2) is 0 Å². The molecule has 1 aromatic rings. The van der Waals surface area contributed by atoms with Gasteiger partial charge in [-0.3, -0.25) is 0 Å². The Labute approximate surface area is 109 Å². The molecule has 0 aromatic heterocycles. The zero-order valence-corrected chi connectivity index (χ0v) is 11.8. The molecule has 0 aliphatic rings. The molecule has 0 aliphatic heterocycles. The van der Waals surface area contributed by atoms with Crippen LogP contribution in [0.15, 0.2) is 18.2 Å². The number of phenolic OH excluding ortho intramolecular Hbond substituents is 1. The van der Waals surface area contributed by atoms with Crippen molar-refractivity contribution in [1.82, 2.24) is 5.32 Å². The summed E-state index contributed by atoms with van der Waals surface area (Å²) in [6.07, 6.45) is -0.614. The van der Waals surface area contributed by atoms with Crippen LogP contribution in [-0.4, -0.2) is 28.8 Å². The molecule has 0 saturated carbocycles. The third-order valence-electron chi connectivity index (χ3n) is 2.77. The van der Waals surface area contributed by atoms with E-state index in [2.05, 4.69) is 31.4 Å². The van der Waals surface area contributed by atoms with E-state index in [4.69, 9.17) is 0 Å². The molecule has 4 N–H and O–H groups in total. The molecule has 1 rings (SSSR count). The van der Waals surface area contributed by atoms with Crippen LogP contribution in [0, 0.1) is 0 Å². The Morgan fingerprint density at radius 1 is 1.22 bits per heavy atom. The predicted octanol–water partition coefficient (Wildman–Crippen LogP) is 2.24. The minimum Gasteiger partial charge on any atom is -0.506 e. The highest BCUT2D eigenvalue weighted by molar-refractivity contribution is 5.57. The smallest absolute Gasteiger partial charge is 0.138 e. The monoisotopic (exact) mass is 252 g/mol. The summed E-state index contributed by atoms with van der Waals surface area (Å²) >= 11 is 0. The van der Waals surface area contributed by atoms with Crippen LogP contribution < -0.4 is 10.6 Å². The number of aromatic hydroxyl groups is 1. The molecule has 0 heterocycles. The summed E-state index contributed by atoms with van der Waals surface area (Å²) in [6.45, 7) is 8.13. The summed E-state index contributed by atoms with van der Waals surface area (Å²) in [4.78, 5) is 0. The Hall–Kier alpha value is -1.26. The van der Waals surface area contributed by atoms with Gasteiger partial charge in [-0.2, -0.15) is 0 Å². The number of benzene rings is 1. The van der Waals surface area contributed by atoms with Crippen LogP contribution in [0.3, 0.4) is 0 Å². The molecule has 0 saturated heterocycles. The predicted molar refractivity (Wildman–Crippen MR) is 75.0 cm³/mol. The SMILES string of the molecule is CNc1cc(C(O)C(C)NC(C)(C)C)ccc1O. The molecule has 4 heteroatoms. The lowest BCUT2D eigenvalue weighted by atomic mass is 9.99. The molecule has 0 amide bonds. The van der Waals surface area contributed by atoms with Crippen molar-refractivity contribution in [2.24, 2.45) is 0 Å². The lowest BCUT2D eigenvalue weighted by Gasteiger charge is -2.29. The molecule has 102 valence electrons. The van der Waals surface area contributed by atoms with E-state index >= 15 is 0 Å². The minimum absolute atomic E-state index is 0.0524. The lowest BCUT2D eigenvalue weighted by Crippen LogP contribution is -2.44. The first-order valence-electron chi connectivity index (χ1n) is 6.21. The van der Waals surface area contributed by atoms with E-state index < -0.39 is 6.10 Å². The summed E-state index contributed by atoms with van der Waals surface area (Å²) in [7, 11) is 1.74. The summed E-state index contributed by atoms with van der Waals surface area (Å²) < 4.78 is 0. The summed E-state index contributed by atoms with van der Waals surface area (Å²) in [6, 6.07) is 5.02. The highest BCUT2D eigenvalue weighted by Crippen LogP contribution is 2.28. The first kappa shape index (κ1) is 14.8. The lowest BCUT2D eigenvalue weighted by molar-refractivity contribution is 0.121. The molecule has 0 radical (unpaired) electrons. The molecule has 1 aromatic carbocycles. The van der Waals surface area contributed by atoms with Crippen molar-refractivity contribution in [3.63, 3.8) is 0 Å². The number of hydrogen-bond acceptors (Lipinski definition) is 4. The van der Waals surface area contributed by atoms with Gasteiger partial charge in [0.25, 0.3) is 0 Å². The van der Waals surface area contributed by atoms with E-state index in [0.29, 0.717) is 5.69 Å². The number of hydrogen-bond donors (Lipinski definition) is 4. The van der Waals surface area contributed by atoms with E-state index in [1.54, 1.807) is 25.2 Å². The van der Waals surface area contributed by atoms with Crippen LogP contribution >= 0.6 is 0 Å². The van der Waals surface area contributed by atoms with Crippen LogP contribution in [0.1, 0.15) is 39.4 Å². The Balaban J connectivity index is 2.86. The first-order chi connectivity index (χ1) is 8.24. The van der Waals surface area contributed by atoms with Gasteiger partial charge in [-0.15, -0.1) is 0 Å². The van der Waals surface area contributed by atoms with Crippen LogP contribution in [0.5, 0.6) is 5.75 Å². The van der Waals surface area contributed by atoms with Crippen LogP contribution in [-0.2, 0) is 0 Å². The minimum atomic E-state index is -0.614. The highest BCUT2D eigenvalue weighted by atomic mass is 16.3. The Kier molecular flexibility index (Phi) is 4.59. The standard InChI is InChI=1S/C14H24N2O2/c1-9(16-14(2,3)4)13(18)10-6-7-12(17)11(8-10)15-5/h6-9,13,15-18H,1-5H3. The maximum absolute atomic E-state index is 10.3. The van der Waals surface area contributed by atoms with Gasteiger partial charge in [-0.1, -0.05) is 6.07 Å². The second-order valence-electron chi connectivity index (χ2n) is 5.65. The van der Waals surface area contributed by atoms with Gasteiger partial charge in [0, 0.05) is 18.6 Å². The fraction of sp³-hybridized carbons (Fsp3) is 0.571. The van der Waals surface area contributed by atoms with Crippen molar-refractivity contribution in [3.8, 4) is 5.75 Å². The number of aliphatic hydroxyl groups is 1. The van der Waals surface area contributed by atoms with Gasteiger partial charge in [0.2, 0.25) is 0 Å². The second-order valence-corrected chi connectivity index (χ2v) is 5.65. The number of anilines is 1. The zero-order chi connectivity index (χ0) is 13.9. The van der Waals surface area contributed by atoms with Crippen LogP contribution in [0.25, 0.3) is 0 Å². The average Bonchev–Trinajstić information content (AvgIpc) is 2.26. The third kappa shape index (κ3) is 3.89. The number of nitrogens with one attached hydrogen (secondary N) is 2. The van der Waals surface area contributed by atoms with E-state index in [0.717, 1.165) is 5.56 Å². The van der Waals surface area contributed by atoms with Gasteiger partial charge < -0.3 is 20.8 Å². The molecule has 0 fully saturated rings. The van der Waals surface area contributed by atoms with Crippen molar-refractivity contribution in [3.05, 3.63) is 23.8 Å². The average molecular weight is 252 g/mol. The van der Waals surface area contributed by atoms with Crippen molar-refractivity contribution in [2.75, 3.05) is 12.4 Å². The molecular formula is C14H24N2O2. The largest absolute Gasteiger partial charge is 0.506 e. The van der Waals surface area contributed by atoms with Gasteiger partial charge in [0.1, 0.15) is 5.75 Å². The second kappa shape index (κ2) is 5.59. The number of aliphatic hydroxyl groups excluding tert-OH is 1. The Morgan fingerprint density at radius 2 is 1.83 bits per heavy atom. The molecule has 0 spiro atoms. The maximum Gasteiger partial charge on any atom is 0.138 e. The van der Waals surface area contributed by atoms with E-state index in [9.17, 15) is 10.2 Å². The van der Waals surface area contributed by atoms with Crippen molar-refractivity contribution in [1.29, 1.82) is 0 Å². The zero-order valence-electron chi connectivity index (χ0n) is 11.8. The summed E-state index contributed by atoms with van der Waals surface area (Å²) in [5, 5.41) is 26.1. The third-order valence-corrected chi connectivity index (χ3v) is 2.77. The topological polar surface area (TPSA) is 64.5 Å². The Bertz CT molecular complexity index is 399. The molecule has 0 aliphatic carbocycles. The molecular weight excluding hydrogens is 228 g/mol. The van der Waals surface area contributed by atoms with E-state index in [1.807, 2.05) is 6.92 Å². The molecule has 0 bridgehead atoms. The fourth-order valence-electron chi connectivity index (χ4n) is 1.99. The van der Waals surface area contributed by atoms with Crippen LogP contribution in [0.2, 0.25) is 0 Å². The fourth-order valence-corrected chi connectivity index (χ4v) is 1.99. The van der Waals surface area contributed by atoms with Gasteiger partial charge in [-0.05, 0) is 45.4 Å². The maximum atomic E-state index is 10.3. The summed E-state index contributed by atoms with van der Waals surface area (Å²) in [5.74, 6) is 0.185. The Morgan fingerprint density at radius 3 is 2.33 bits per heavy atom. The molecule has 18 heavy (non-hydrogen) atoms. The van der Waals surface area contributed by atoms with Crippen molar-refractivity contribution >= 4 is 5.69 Å². The van der Waals surface area contributed by atoms with Crippen molar-refractivity contribution < 1.29 is 10.2 Å². The van der Waals surface area contributed by atoms with Gasteiger partial charge in [0.05, 0.1) is 11.8 Å². The van der Waals surface area contributed by atoms with Crippen molar-refractivity contribution in [2.45, 2.75) is 45.4 Å². The highest BCUT2D eigenvalue weighted by Gasteiger charge is 2.21. The quantitative estimate of drug-likeness (QED) is 0.621. The molecule has 2 atom stereocenters. The molecule has 2 unspecified atom stereocenters. The molecule has 4 nitrogen and oxygen atoms in total. The normalized spacial score (nSPS) is 15.2. The number of rotatable bonds is 4. The van der Waals surface area contributed by atoms with E-state index in [1.165, 1.54) is 0 Å². The first-order valence-corrected chi connectivity index (χ1v) is 6.21. The van der Waals surface area contributed by atoms with Crippen LogP contribution in [0.4, 0.5) is 5.69 Å². The van der Waals surface area contributed by atoms with Gasteiger partial charge in [0.15, 0.2) is 0 Å². The van der Waals surface area contributed by atoms with Gasteiger partial charge >= 0.3 is 0 Å². The number of phenols is 1.